The topological polar surface area (TPSA) is 111 Å². The molecule has 0 aromatic carbocycles. The number of rotatable bonds is 9. The van der Waals surface area contributed by atoms with E-state index in [1.54, 1.807) is 23.4 Å². The number of carbonyl (C=O) groups excluding carboxylic acids is 2. The van der Waals surface area contributed by atoms with Crippen molar-refractivity contribution in [3.63, 3.8) is 0 Å². The first-order valence-electron chi connectivity index (χ1n) is 9.10. The van der Waals surface area contributed by atoms with Gasteiger partial charge in [0.25, 0.3) is 0 Å². The van der Waals surface area contributed by atoms with E-state index in [-0.39, 0.29) is 25.2 Å². The number of nitrogens with one attached hydrogen (secondary N) is 1. The van der Waals surface area contributed by atoms with Gasteiger partial charge >= 0.3 is 6.09 Å². The van der Waals surface area contributed by atoms with Gasteiger partial charge in [-0.15, -0.1) is 11.5 Å². The molecule has 1 aliphatic rings. The highest BCUT2D eigenvalue weighted by Gasteiger charge is 2.37. The number of hydrogen-bond donors (Lipinski definition) is 1. The third-order valence-electron chi connectivity index (χ3n) is 4.53. The molecule has 0 aliphatic carbocycles. The largest absolute Gasteiger partial charge is 0.445 e. The number of carbonyl (C=O) groups is 2. The minimum absolute atomic E-state index is 0.0293. The standard InChI is InChI=1S/C18H26N6O4/c1-5-10-27-13(3)16(19-18(26)28-11-6-2)17(25)23-9-7-8-15(23)12-24-14(4)20-21-22-24/h1,6,13,15-16H,2,7-12H2,3-4H3,(H,19,26)/t13-,15?,16+/m1/s1. The maximum atomic E-state index is 13.2. The second-order valence-electron chi connectivity index (χ2n) is 6.47. The van der Waals surface area contributed by atoms with Crippen LogP contribution < -0.4 is 5.32 Å². The molecule has 1 unspecified atom stereocenters. The number of likely N-dealkylation sites (tertiary alicyclic amines) is 1. The second-order valence-corrected chi connectivity index (χ2v) is 6.47. The lowest BCUT2D eigenvalue weighted by molar-refractivity contribution is -0.138. The number of tetrazole rings is 1. The molecule has 10 heteroatoms. The van der Waals surface area contributed by atoms with Crippen molar-refractivity contribution in [1.29, 1.82) is 0 Å². The Morgan fingerprint density at radius 3 is 2.96 bits per heavy atom. The summed E-state index contributed by atoms with van der Waals surface area (Å²) in [5, 5.41) is 14.0. The van der Waals surface area contributed by atoms with Crippen LogP contribution in [0, 0.1) is 19.3 Å². The van der Waals surface area contributed by atoms with Crippen LogP contribution in [0.1, 0.15) is 25.6 Å². The normalized spacial score (nSPS) is 18.2. The van der Waals surface area contributed by atoms with E-state index in [1.165, 1.54) is 6.08 Å². The highest BCUT2D eigenvalue weighted by molar-refractivity contribution is 5.86. The molecule has 1 N–H and O–H groups in total. The predicted octanol–water partition coefficient (Wildman–Crippen LogP) is 0.292. The molecule has 2 rings (SSSR count). The van der Waals surface area contributed by atoms with Crippen LogP contribution in [-0.4, -0.2) is 75.1 Å². The van der Waals surface area contributed by atoms with Crippen LogP contribution in [0.5, 0.6) is 0 Å². The van der Waals surface area contributed by atoms with Crippen molar-refractivity contribution in [3.8, 4) is 12.3 Å². The van der Waals surface area contributed by atoms with E-state index in [9.17, 15) is 9.59 Å². The fourth-order valence-corrected chi connectivity index (χ4v) is 3.07. The molecule has 1 saturated heterocycles. The Balaban J connectivity index is 2.11. The summed E-state index contributed by atoms with van der Waals surface area (Å²) in [7, 11) is 0. The second kappa shape index (κ2) is 10.4. The zero-order chi connectivity index (χ0) is 20.5. The molecular formula is C18H26N6O4. The van der Waals surface area contributed by atoms with Crippen LogP contribution in [-0.2, 0) is 20.8 Å². The summed E-state index contributed by atoms with van der Waals surface area (Å²) in [6.07, 6.45) is 7.00. The minimum atomic E-state index is -0.929. The van der Waals surface area contributed by atoms with Gasteiger partial charge in [-0.1, -0.05) is 18.6 Å². The zero-order valence-corrected chi connectivity index (χ0v) is 16.2. The van der Waals surface area contributed by atoms with Crippen LogP contribution in [0.3, 0.4) is 0 Å². The Bertz CT molecular complexity index is 728. The van der Waals surface area contributed by atoms with Gasteiger partial charge in [-0.3, -0.25) is 4.79 Å². The fraction of sp³-hybridized carbons (Fsp3) is 0.611. The zero-order valence-electron chi connectivity index (χ0n) is 16.2. The maximum Gasteiger partial charge on any atom is 0.408 e. The number of nitrogens with zero attached hydrogens (tertiary/aromatic N) is 5. The molecule has 2 amide bonds. The van der Waals surface area contributed by atoms with Gasteiger partial charge in [0.05, 0.1) is 18.7 Å². The van der Waals surface area contributed by atoms with Gasteiger partial charge < -0.3 is 19.7 Å². The summed E-state index contributed by atoms with van der Waals surface area (Å²) in [4.78, 5) is 27.0. The van der Waals surface area contributed by atoms with Gasteiger partial charge in [0, 0.05) is 6.54 Å². The first-order valence-corrected chi connectivity index (χ1v) is 9.10. The average molecular weight is 390 g/mol. The third kappa shape index (κ3) is 5.53. The summed E-state index contributed by atoms with van der Waals surface area (Å²) in [6.45, 7) is 8.11. The van der Waals surface area contributed by atoms with E-state index in [2.05, 4.69) is 33.3 Å². The van der Waals surface area contributed by atoms with Crippen molar-refractivity contribution in [2.75, 3.05) is 19.8 Å². The summed E-state index contributed by atoms with van der Waals surface area (Å²) in [6, 6.07) is -1.01. The number of aryl methyl sites for hydroxylation is 1. The molecule has 0 spiro atoms. The summed E-state index contributed by atoms with van der Waals surface area (Å²) >= 11 is 0. The number of alkyl carbamates (subject to hydrolysis) is 1. The Morgan fingerprint density at radius 2 is 2.32 bits per heavy atom. The maximum absolute atomic E-state index is 13.2. The van der Waals surface area contributed by atoms with Gasteiger partial charge in [0.2, 0.25) is 5.91 Å². The average Bonchev–Trinajstić information content (AvgIpc) is 3.31. The lowest BCUT2D eigenvalue weighted by atomic mass is 10.1. The van der Waals surface area contributed by atoms with E-state index in [0.29, 0.717) is 18.9 Å². The molecule has 0 saturated carbocycles. The van der Waals surface area contributed by atoms with Crippen LogP contribution in [0.15, 0.2) is 12.7 Å². The Morgan fingerprint density at radius 1 is 1.54 bits per heavy atom. The van der Waals surface area contributed by atoms with E-state index in [1.807, 2.05) is 0 Å². The molecule has 2 heterocycles. The predicted molar refractivity (Wildman–Crippen MR) is 100 cm³/mol. The molecule has 0 radical (unpaired) electrons. The lowest BCUT2D eigenvalue weighted by Crippen LogP contribution is -2.56. The van der Waals surface area contributed by atoms with E-state index >= 15 is 0 Å². The molecule has 152 valence electrons. The number of terminal acetylenes is 1. The van der Waals surface area contributed by atoms with Gasteiger partial charge in [0.15, 0.2) is 0 Å². The number of amides is 2. The van der Waals surface area contributed by atoms with Gasteiger partial charge in [-0.25, -0.2) is 9.48 Å². The van der Waals surface area contributed by atoms with Gasteiger partial charge in [0.1, 0.15) is 25.1 Å². The van der Waals surface area contributed by atoms with Crippen molar-refractivity contribution < 1.29 is 19.1 Å². The Labute approximate surface area is 164 Å². The van der Waals surface area contributed by atoms with Crippen LogP contribution in [0.4, 0.5) is 4.79 Å². The quantitative estimate of drug-likeness (QED) is 0.476. The monoisotopic (exact) mass is 390 g/mol. The van der Waals surface area contributed by atoms with E-state index in [4.69, 9.17) is 15.9 Å². The third-order valence-corrected chi connectivity index (χ3v) is 4.53. The van der Waals surface area contributed by atoms with Gasteiger partial charge in [-0.2, -0.15) is 0 Å². The van der Waals surface area contributed by atoms with Crippen molar-refractivity contribution in [2.24, 2.45) is 0 Å². The number of aromatic nitrogens is 4. The van der Waals surface area contributed by atoms with E-state index in [0.717, 1.165) is 12.8 Å². The molecule has 1 aromatic heterocycles. The fourth-order valence-electron chi connectivity index (χ4n) is 3.07. The Hall–Kier alpha value is -2.93. The molecule has 1 fully saturated rings. The number of ether oxygens (including phenoxy) is 2. The molecule has 10 nitrogen and oxygen atoms in total. The SMILES string of the molecule is C#CCO[C@H](C)[C@H](NC(=O)OCC=C)C(=O)N1CCCC1Cn1nnnc1C. The molecule has 1 aliphatic heterocycles. The summed E-state index contributed by atoms with van der Waals surface area (Å²) in [5.74, 6) is 2.78. The molecule has 3 atom stereocenters. The van der Waals surface area contributed by atoms with Crippen molar-refractivity contribution in [3.05, 3.63) is 18.5 Å². The first-order chi connectivity index (χ1) is 13.5. The highest BCUT2D eigenvalue weighted by atomic mass is 16.5. The first kappa shape index (κ1) is 21.4. The minimum Gasteiger partial charge on any atom is -0.445 e. The highest BCUT2D eigenvalue weighted by Crippen LogP contribution is 2.21. The molecular weight excluding hydrogens is 364 g/mol. The van der Waals surface area contributed by atoms with Crippen molar-refractivity contribution in [2.45, 2.75) is 51.4 Å². The number of hydrogen-bond acceptors (Lipinski definition) is 7. The summed E-state index contributed by atoms with van der Waals surface area (Å²) in [5.41, 5.74) is 0. The lowest BCUT2D eigenvalue weighted by Gasteiger charge is -2.31. The molecule has 1 aromatic rings. The molecule has 28 heavy (non-hydrogen) atoms. The van der Waals surface area contributed by atoms with Crippen molar-refractivity contribution >= 4 is 12.0 Å². The van der Waals surface area contributed by atoms with Gasteiger partial charge in [-0.05, 0) is 37.1 Å². The molecule has 0 bridgehead atoms. The van der Waals surface area contributed by atoms with E-state index < -0.39 is 18.2 Å². The smallest absolute Gasteiger partial charge is 0.408 e. The van der Waals surface area contributed by atoms with Crippen LogP contribution in [0.25, 0.3) is 0 Å². The Kier molecular flexibility index (Phi) is 7.95. The van der Waals surface area contributed by atoms with Crippen LogP contribution >= 0.6 is 0 Å². The summed E-state index contributed by atoms with van der Waals surface area (Å²) < 4.78 is 12.1. The van der Waals surface area contributed by atoms with Crippen molar-refractivity contribution in [1.82, 2.24) is 30.4 Å². The van der Waals surface area contributed by atoms with Crippen LogP contribution in [0.2, 0.25) is 0 Å².